The summed E-state index contributed by atoms with van der Waals surface area (Å²) in [5.41, 5.74) is 3.20. The Bertz CT molecular complexity index is 807. The molecule has 2 N–H and O–H groups in total. The summed E-state index contributed by atoms with van der Waals surface area (Å²) < 4.78 is 0. The Morgan fingerprint density at radius 3 is 2.45 bits per heavy atom. The van der Waals surface area contributed by atoms with Gasteiger partial charge in [0.25, 0.3) is 0 Å². The molecule has 0 aliphatic carbocycles. The molecule has 154 valence electrons. The van der Waals surface area contributed by atoms with Crippen molar-refractivity contribution in [2.75, 3.05) is 38.5 Å². The molecule has 0 radical (unpaired) electrons. The number of rotatable bonds is 8. The van der Waals surface area contributed by atoms with E-state index in [-0.39, 0.29) is 30.9 Å². The van der Waals surface area contributed by atoms with Gasteiger partial charge in [0.05, 0.1) is 13.1 Å². The number of carbonyl (C=O) groups excluding carboxylic acids is 2. The summed E-state index contributed by atoms with van der Waals surface area (Å²) in [7, 11) is 1.78. The van der Waals surface area contributed by atoms with Crippen LogP contribution in [-0.2, 0) is 16.1 Å². The van der Waals surface area contributed by atoms with Gasteiger partial charge in [-0.3, -0.25) is 19.4 Å². The van der Waals surface area contributed by atoms with Crippen LogP contribution in [0.2, 0.25) is 0 Å². The number of hydrogen-bond donors (Lipinski definition) is 2. The number of likely N-dealkylation sites (N-methyl/N-ethyl adjacent to an activating group) is 1. The van der Waals surface area contributed by atoms with Crippen LogP contribution in [0.4, 0.5) is 5.69 Å². The first-order chi connectivity index (χ1) is 14.0. The zero-order chi connectivity index (χ0) is 20.6. The van der Waals surface area contributed by atoms with E-state index < -0.39 is 0 Å². The highest BCUT2D eigenvalue weighted by Gasteiger charge is 2.24. The van der Waals surface area contributed by atoms with Crippen LogP contribution in [0.3, 0.4) is 0 Å². The van der Waals surface area contributed by atoms with Gasteiger partial charge in [-0.15, -0.1) is 0 Å². The lowest BCUT2D eigenvalue weighted by atomic mass is 10.2. The first kappa shape index (κ1) is 21.0. The molecule has 6 heteroatoms. The van der Waals surface area contributed by atoms with Gasteiger partial charge in [-0.2, -0.15) is 0 Å². The van der Waals surface area contributed by atoms with Crippen molar-refractivity contribution < 1.29 is 9.59 Å². The van der Waals surface area contributed by atoms with Crippen molar-refractivity contribution in [2.24, 2.45) is 0 Å². The monoisotopic (exact) mass is 394 g/mol. The molecule has 2 aromatic rings. The lowest BCUT2D eigenvalue weighted by molar-refractivity contribution is -0.123. The third-order valence-electron chi connectivity index (χ3n) is 5.05. The second-order valence-corrected chi connectivity index (χ2v) is 7.86. The van der Waals surface area contributed by atoms with Crippen molar-refractivity contribution in [1.29, 1.82) is 0 Å². The van der Waals surface area contributed by atoms with E-state index in [0.717, 1.165) is 37.3 Å². The van der Waals surface area contributed by atoms with Gasteiger partial charge in [0.1, 0.15) is 0 Å². The van der Waals surface area contributed by atoms with E-state index in [1.54, 1.807) is 11.9 Å². The SMILES string of the molecule is Cc1ccc(NC(=O)CN(C)CC(=O)N[C@@H]2CCN(Cc3ccccc3)C2)cc1. The zero-order valence-corrected chi connectivity index (χ0v) is 17.2. The van der Waals surface area contributed by atoms with Crippen molar-refractivity contribution in [1.82, 2.24) is 15.1 Å². The minimum absolute atomic E-state index is 0.0396. The highest BCUT2D eigenvalue weighted by Crippen LogP contribution is 2.13. The van der Waals surface area contributed by atoms with Crippen molar-refractivity contribution in [3.8, 4) is 0 Å². The second-order valence-electron chi connectivity index (χ2n) is 7.86. The lowest BCUT2D eigenvalue weighted by Crippen LogP contribution is -2.43. The predicted molar refractivity (Wildman–Crippen MR) is 116 cm³/mol. The molecule has 1 saturated heterocycles. The van der Waals surface area contributed by atoms with Crippen LogP contribution in [0.15, 0.2) is 54.6 Å². The number of carbonyl (C=O) groups is 2. The van der Waals surface area contributed by atoms with Crippen molar-refractivity contribution in [2.45, 2.75) is 25.9 Å². The van der Waals surface area contributed by atoms with E-state index in [0.29, 0.717) is 0 Å². The number of nitrogens with zero attached hydrogens (tertiary/aromatic N) is 2. The molecule has 0 bridgehead atoms. The first-order valence-corrected chi connectivity index (χ1v) is 10.1. The predicted octanol–water partition coefficient (Wildman–Crippen LogP) is 2.26. The fourth-order valence-corrected chi connectivity index (χ4v) is 3.59. The Morgan fingerprint density at radius 2 is 1.72 bits per heavy atom. The highest BCUT2D eigenvalue weighted by atomic mass is 16.2. The molecular weight excluding hydrogens is 364 g/mol. The maximum atomic E-state index is 12.3. The van der Waals surface area contributed by atoms with Crippen LogP contribution >= 0.6 is 0 Å². The van der Waals surface area contributed by atoms with Crippen LogP contribution in [0.25, 0.3) is 0 Å². The van der Waals surface area contributed by atoms with Crippen LogP contribution in [0, 0.1) is 6.92 Å². The van der Waals surface area contributed by atoms with Crippen molar-refractivity contribution >= 4 is 17.5 Å². The summed E-state index contributed by atoms with van der Waals surface area (Å²) in [5, 5.41) is 5.96. The number of benzene rings is 2. The molecule has 0 aromatic heterocycles. The summed E-state index contributed by atoms with van der Waals surface area (Å²) in [5.74, 6) is -0.166. The maximum absolute atomic E-state index is 12.3. The van der Waals surface area contributed by atoms with Crippen LogP contribution in [0.1, 0.15) is 17.5 Å². The minimum Gasteiger partial charge on any atom is -0.351 e. The van der Waals surface area contributed by atoms with Gasteiger partial charge < -0.3 is 10.6 Å². The number of anilines is 1. The molecule has 1 atom stereocenters. The molecule has 0 unspecified atom stereocenters. The number of nitrogens with one attached hydrogen (secondary N) is 2. The normalized spacial score (nSPS) is 16.7. The molecule has 0 saturated carbocycles. The quantitative estimate of drug-likeness (QED) is 0.721. The number of amides is 2. The molecule has 1 aliphatic heterocycles. The van der Waals surface area contributed by atoms with Crippen molar-refractivity contribution in [3.63, 3.8) is 0 Å². The average molecular weight is 395 g/mol. The minimum atomic E-state index is -0.126. The van der Waals surface area contributed by atoms with E-state index in [4.69, 9.17) is 0 Å². The van der Waals surface area contributed by atoms with Crippen LogP contribution < -0.4 is 10.6 Å². The van der Waals surface area contributed by atoms with Gasteiger partial charge in [-0.05, 0) is 38.1 Å². The number of hydrogen-bond acceptors (Lipinski definition) is 4. The Hall–Kier alpha value is -2.70. The Kier molecular flexibility index (Phi) is 7.38. The summed E-state index contributed by atoms with van der Waals surface area (Å²) >= 11 is 0. The molecule has 0 spiro atoms. The Balaban J connectivity index is 1.36. The summed E-state index contributed by atoms with van der Waals surface area (Å²) in [4.78, 5) is 28.6. The van der Waals surface area contributed by atoms with Crippen molar-refractivity contribution in [3.05, 3.63) is 65.7 Å². The van der Waals surface area contributed by atoms with Gasteiger partial charge in [0, 0.05) is 31.4 Å². The lowest BCUT2D eigenvalue weighted by Gasteiger charge is -2.19. The zero-order valence-electron chi connectivity index (χ0n) is 17.2. The largest absolute Gasteiger partial charge is 0.351 e. The van der Waals surface area contributed by atoms with Gasteiger partial charge in [0.2, 0.25) is 11.8 Å². The summed E-state index contributed by atoms with van der Waals surface area (Å²) in [6.07, 6.45) is 0.955. The fraction of sp³-hybridized carbons (Fsp3) is 0.391. The van der Waals surface area contributed by atoms with Gasteiger partial charge >= 0.3 is 0 Å². The van der Waals surface area contributed by atoms with E-state index in [9.17, 15) is 9.59 Å². The molecule has 1 aliphatic rings. The molecule has 2 amide bonds. The van der Waals surface area contributed by atoms with Crippen LogP contribution in [0.5, 0.6) is 0 Å². The molecular formula is C23H30N4O2. The van der Waals surface area contributed by atoms with E-state index in [2.05, 4.69) is 39.8 Å². The fourth-order valence-electron chi connectivity index (χ4n) is 3.59. The standard InChI is InChI=1S/C23H30N4O2/c1-18-8-10-20(11-9-18)24-22(28)16-26(2)17-23(29)25-21-12-13-27(15-21)14-19-6-4-3-5-7-19/h3-11,21H,12-17H2,1-2H3,(H,24,28)(H,25,29)/t21-/m1/s1. The van der Waals surface area contributed by atoms with Gasteiger partial charge in [0.15, 0.2) is 0 Å². The van der Waals surface area contributed by atoms with Gasteiger partial charge in [-0.1, -0.05) is 48.0 Å². The Labute approximate surface area is 172 Å². The highest BCUT2D eigenvalue weighted by molar-refractivity contribution is 5.92. The molecule has 1 heterocycles. The first-order valence-electron chi connectivity index (χ1n) is 10.1. The Morgan fingerprint density at radius 1 is 1.03 bits per heavy atom. The average Bonchev–Trinajstić information content (AvgIpc) is 3.10. The third-order valence-corrected chi connectivity index (χ3v) is 5.05. The summed E-state index contributed by atoms with van der Waals surface area (Å²) in [6.45, 7) is 5.13. The van der Waals surface area contributed by atoms with E-state index >= 15 is 0 Å². The molecule has 3 rings (SSSR count). The molecule has 2 aromatic carbocycles. The summed E-state index contributed by atoms with van der Waals surface area (Å²) in [6, 6.07) is 18.2. The van der Waals surface area contributed by atoms with E-state index in [1.165, 1.54) is 5.56 Å². The maximum Gasteiger partial charge on any atom is 0.238 e. The molecule has 6 nitrogen and oxygen atoms in total. The second kappa shape index (κ2) is 10.2. The third kappa shape index (κ3) is 7.00. The molecule has 1 fully saturated rings. The topological polar surface area (TPSA) is 64.7 Å². The van der Waals surface area contributed by atoms with E-state index in [1.807, 2.05) is 37.3 Å². The van der Waals surface area contributed by atoms with Gasteiger partial charge in [-0.25, -0.2) is 0 Å². The molecule has 29 heavy (non-hydrogen) atoms. The van der Waals surface area contributed by atoms with Crippen LogP contribution in [-0.4, -0.2) is 60.9 Å². The number of aryl methyl sites for hydroxylation is 1. The smallest absolute Gasteiger partial charge is 0.238 e. The number of likely N-dealkylation sites (tertiary alicyclic amines) is 1.